The standard InChI is InChI=1S/C17H20FN7O/c18-12-3-4-14-15(6-12)21-16(20-14)17(26)24-5-1-2-11(8-24)9-25-10-13(7-19)22-23-25/h3-4,6,10-11H,1-2,5,7-9,19H2,(H,20,21). The summed E-state index contributed by atoms with van der Waals surface area (Å²) in [6, 6.07) is 4.25. The Morgan fingerprint density at radius 1 is 1.42 bits per heavy atom. The summed E-state index contributed by atoms with van der Waals surface area (Å²) >= 11 is 0. The number of benzene rings is 1. The van der Waals surface area contributed by atoms with Gasteiger partial charge in [-0.15, -0.1) is 5.10 Å². The third-order valence-electron chi connectivity index (χ3n) is 4.69. The highest BCUT2D eigenvalue weighted by Crippen LogP contribution is 2.21. The smallest absolute Gasteiger partial charge is 0.289 e. The van der Waals surface area contributed by atoms with Gasteiger partial charge in [0.25, 0.3) is 5.91 Å². The fourth-order valence-electron chi connectivity index (χ4n) is 3.42. The zero-order valence-electron chi connectivity index (χ0n) is 14.2. The summed E-state index contributed by atoms with van der Waals surface area (Å²) < 4.78 is 15.1. The number of nitrogens with zero attached hydrogens (tertiary/aromatic N) is 5. The van der Waals surface area contributed by atoms with Crippen LogP contribution in [0.25, 0.3) is 11.0 Å². The van der Waals surface area contributed by atoms with Crippen molar-refractivity contribution in [1.82, 2.24) is 29.9 Å². The number of nitrogens with two attached hydrogens (primary N) is 1. The van der Waals surface area contributed by atoms with Gasteiger partial charge in [0.05, 0.1) is 16.7 Å². The normalized spacial score (nSPS) is 17.8. The van der Waals surface area contributed by atoms with Crippen LogP contribution in [-0.2, 0) is 13.1 Å². The van der Waals surface area contributed by atoms with Gasteiger partial charge in [-0.05, 0) is 37.0 Å². The Morgan fingerprint density at radius 2 is 2.31 bits per heavy atom. The largest absolute Gasteiger partial charge is 0.336 e. The Labute approximate surface area is 149 Å². The molecule has 0 spiro atoms. The number of rotatable bonds is 4. The first kappa shape index (κ1) is 16.6. The van der Waals surface area contributed by atoms with Crippen molar-refractivity contribution in [2.45, 2.75) is 25.9 Å². The van der Waals surface area contributed by atoms with Crippen molar-refractivity contribution in [3.63, 3.8) is 0 Å². The van der Waals surface area contributed by atoms with E-state index in [0.29, 0.717) is 43.1 Å². The van der Waals surface area contributed by atoms with Gasteiger partial charge in [0.1, 0.15) is 5.82 Å². The molecule has 1 atom stereocenters. The van der Waals surface area contributed by atoms with Crippen molar-refractivity contribution in [2.24, 2.45) is 11.7 Å². The van der Waals surface area contributed by atoms with Gasteiger partial charge in [-0.25, -0.2) is 9.37 Å². The van der Waals surface area contributed by atoms with Crippen molar-refractivity contribution in [3.05, 3.63) is 41.7 Å². The fourth-order valence-corrected chi connectivity index (χ4v) is 3.42. The van der Waals surface area contributed by atoms with E-state index in [1.807, 2.05) is 6.20 Å². The Hall–Kier alpha value is -2.81. The predicted octanol–water partition coefficient (Wildman–Crippen LogP) is 1.30. The topological polar surface area (TPSA) is 106 Å². The summed E-state index contributed by atoms with van der Waals surface area (Å²) in [6.07, 6.45) is 3.78. The molecule has 0 radical (unpaired) electrons. The third kappa shape index (κ3) is 3.30. The van der Waals surface area contributed by atoms with Gasteiger partial charge in [0, 0.05) is 32.4 Å². The molecule has 3 aromatic rings. The number of nitrogens with one attached hydrogen (secondary N) is 1. The number of fused-ring (bicyclic) bond motifs is 1. The molecule has 26 heavy (non-hydrogen) atoms. The maximum absolute atomic E-state index is 13.3. The lowest BCUT2D eigenvalue weighted by Gasteiger charge is -2.32. The van der Waals surface area contributed by atoms with E-state index in [2.05, 4.69) is 20.3 Å². The molecule has 136 valence electrons. The summed E-state index contributed by atoms with van der Waals surface area (Å²) in [4.78, 5) is 21.8. The highest BCUT2D eigenvalue weighted by molar-refractivity contribution is 5.94. The third-order valence-corrected chi connectivity index (χ3v) is 4.69. The van der Waals surface area contributed by atoms with Crippen molar-refractivity contribution >= 4 is 16.9 Å². The minimum absolute atomic E-state index is 0.160. The number of H-pyrrole nitrogens is 1. The SMILES string of the molecule is NCc1cn(CC2CCCN(C(=O)c3nc4ccc(F)cc4[nH]3)C2)nn1. The average molecular weight is 357 g/mol. The van der Waals surface area contributed by atoms with Crippen LogP contribution in [-0.4, -0.2) is 48.9 Å². The van der Waals surface area contributed by atoms with E-state index >= 15 is 0 Å². The number of aromatic nitrogens is 5. The number of carbonyl (C=O) groups excluding carboxylic acids is 1. The molecule has 0 saturated carbocycles. The molecule has 1 aliphatic heterocycles. The lowest BCUT2D eigenvalue weighted by Crippen LogP contribution is -2.41. The second kappa shape index (κ2) is 6.83. The molecule has 1 unspecified atom stereocenters. The van der Waals surface area contributed by atoms with Gasteiger partial charge in [0.15, 0.2) is 5.82 Å². The number of imidazole rings is 1. The zero-order chi connectivity index (χ0) is 18.1. The van der Waals surface area contributed by atoms with Crippen LogP contribution in [0.4, 0.5) is 4.39 Å². The summed E-state index contributed by atoms with van der Waals surface area (Å²) in [7, 11) is 0. The Bertz CT molecular complexity index is 934. The van der Waals surface area contributed by atoms with Crippen LogP contribution in [0.15, 0.2) is 24.4 Å². The van der Waals surface area contributed by atoms with Gasteiger partial charge >= 0.3 is 0 Å². The van der Waals surface area contributed by atoms with E-state index in [9.17, 15) is 9.18 Å². The van der Waals surface area contributed by atoms with Crippen LogP contribution in [0.1, 0.15) is 29.2 Å². The molecular formula is C17H20FN7O. The highest BCUT2D eigenvalue weighted by Gasteiger charge is 2.26. The molecule has 4 rings (SSSR count). The summed E-state index contributed by atoms with van der Waals surface area (Å²) in [5.74, 6) is 0.0229. The lowest BCUT2D eigenvalue weighted by atomic mass is 9.98. The van der Waals surface area contributed by atoms with Gasteiger partial charge in [-0.2, -0.15) is 0 Å². The van der Waals surface area contributed by atoms with Crippen LogP contribution in [0.3, 0.4) is 0 Å². The van der Waals surface area contributed by atoms with E-state index in [1.54, 1.807) is 15.6 Å². The molecule has 9 heteroatoms. The summed E-state index contributed by atoms with van der Waals surface area (Å²) in [6.45, 7) is 2.37. The molecule has 1 aliphatic rings. The molecule has 1 amide bonds. The predicted molar refractivity (Wildman–Crippen MR) is 92.6 cm³/mol. The second-order valence-electron chi connectivity index (χ2n) is 6.64. The summed E-state index contributed by atoms with van der Waals surface area (Å²) in [5, 5.41) is 8.07. The lowest BCUT2D eigenvalue weighted by molar-refractivity contribution is 0.0648. The molecule has 8 nitrogen and oxygen atoms in total. The average Bonchev–Trinajstić information content (AvgIpc) is 3.27. The van der Waals surface area contributed by atoms with E-state index in [-0.39, 0.29) is 17.5 Å². The van der Waals surface area contributed by atoms with Crippen LogP contribution >= 0.6 is 0 Å². The number of aromatic amines is 1. The maximum atomic E-state index is 13.3. The molecular weight excluding hydrogens is 337 g/mol. The molecule has 1 aromatic carbocycles. The second-order valence-corrected chi connectivity index (χ2v) is 6.64. The van der Waals surface area contributed by atoms with E-state index in [4.69, 9.17) is 5.73 Å². The number of amides is 1. The van der Waals surface area contributed by atoms with Crippen LogP contribution < -0.4 is 5.73 Å². The minimum Gasteiger partial charge on any atom is -0.336 e. The molecule has 3 heterocycles. The molecule has 0 aliphatic carbocycles. The zero-order valence-corrected chi connectivity index (χ0v) is 14.2. The number of halogens is 1. The maximum Gasteiger partial charge on any atom is 0.289 e. The minimum atomic E-state index is -0.358. The van der Waals surface area contributed by atoms with Gasteiger partial charge in [-0.1, -0.05) is 5.21 Å². The van der Waals surface area contributed by atoms with Crippen molar-refractivity contribution in [1.29, 1.82) is 0 Å². The van der Waals surface area contributed by atoms with E-state index < -0.39 is 0 Å². The first-order chi connectivity index (χ1) is 12.6. The van der Waals surface area contributed by atoms with Crippen LogP contribution in [0.5, 0.6) is 0 Å². The monoisotopic (exact) mass is 357 g/mol. The van der Waals surface area contributed by atoms with Crippen LogP contribution in [0, 0.1) is 11.7 Å². The van der Waals surface area contributed by atoms with Crippen molar-refractivity contribution < 1.29 is 9.18 Å². The quantitative estimate of drug-likeness (QED) is 0.732. The van der Waals surface area contributed by atoms with Crippen molar-refractivity contribution in [2.75, 3.05) is 13.1 Å². The Kier molecular flexibility index (Phi) is 4.37. The van der Waals surface area contributed by atoms with Gasteiger partial charge in [0.2, 0.25) is 0 Å². The van der Waals surface area contributed by atoms with Gasteiger partial charge < -0.3 is 15.6 Å². The van der Waals surface area contributed by atoms with Crippen molar-refractivity contribution in [3.8, 4) is 0 Å². The van der Waals surface area contributed by atoms with E-state index in [1.165, 1.54) is 12.1 Å². The first-order valence-corrected chi connectivity index (χ1v) is 8.66. The highest BCUT2D eigenvalue weighted by atomic mass is 19.1. The number of hydrogen-bond acceptors (Lipinski definition) is 5. The number of likely N-dealkylation sites (tertiary alicyclic amines) is 1. The number of hydrogen-bond donors (Lipinski definition) is 2. The van der Waals surface area contributed by atoms with E-state index in [0.717, 1.165) is 18.5 Å². The number of carbonyl (C=O) groups is 1. The number of piperidine rings is 1. The molecule has 2 aromatic heterocycles. The summed E-state index contributed by atoms with van der Waals surface area (Å²) in [5.41, 5.74) is 7.42. The molecule has 0 bridgehead atoms. The van der Waals surface area contributed by atoms with Gasteiger partial charge in [-0.3, -0.25) is 9.48 Å². The Morgan fingerprint density at radius 3 is 3.12 bits per heavy atom. The molecule has 3 N–H and O–H groups in total. The first-order valence-electron chi connectivity index (χ1n) is 8.66. The molecule has 1 saturated heterocycles. The van der Waals surface area contributed by atoms with Crippen LogP contribution in [0.2, 0.25) is 0 Å². The fraction of sp³-hybridized carbons (Fsp3) is 0.412. The molecule has 1 fully saturated rings. The Balaban J connectivity index is 1.46.